The molecule has 3 aromatic rings. The lowest BCUT2D eigenvalue weighted by molar-refractivity contribution is -0.116. The summed E-state index contributed by atoms with van der Waals surface area (Å²) in [7, 11) is 0. The van der Waals surface area contributed by atoms with E-state index in [1.807, 2.05) is 26.0 Å². The fourth-order valence-corrected chi connectivity index (χ4v) is 4.85. The van der Waals surface area contributed by atoms with Crippen molar-refractivity contribution in [3.63, 3.8) is 0 Å². The lowest BCUT2D eigenvalue weighted by atomic mass is 10.1. The first-order valence-corrected chi connectivity index (χ1v) is 12.1. The molecule has 1 aromatic carbocycles. The highest BCUT2D eigenvalue weighted by Gasteiger charge is 2.26. The Labute approximate surface area is 200 Å². The number of piperazine rings is 1. The number of aryl methyl sites for hydroxylation is 2. The van der Waals surface area contributed by atoms with Gasteiger partial charge >= 0.3 is 0 Å². The Morgan fingerprint density at radius 3 is 2.74 bits per heavy atom. The number of nitrogens with one attached hydrogen (secondary N) is 1. The van der Waals surface area contributed by atoms with Crippen LogP contribution in [0.1, 0.15) is 41.8 Å². The zero-order chi connectivity index (χ0) is 23.7. The quantitative estimate of drug-likeness (QED) is 0.585. The van der Waals surface area contributed by atoms with Gasteiger partial charge in [0.15, 0.2) is 5.65 Å². The maximum absolute atomic E-state index is 12.7. The number of amides is 1. The molecule has 176 valence electrons. The molecule has 1 saturated carbocycles. The summed E-state index contributed by atoms with van der Waals surface area (Å²) in [6.07, 6.45) is 5.25. The van der Waals surface area contributed by atoms with Crippen LogP contribution in [0.5, 0.6) is 0 Å². The highest BCUT2D eigenvalue weighted by molar-refractivity contribution is 5.91. The fraction of sp³-hybridized carbons (Fsp3) is 0.462. The molecule has 1 N–H and O–H groups in total. The molecule has 0 unspecified atom stereocenters. The van der Waals surface area contributed by atoms with Crippen molar-refractivity contribution >= 4 is 22.9 Å². The van der Waals surface area contributed by atoms with Gasteiger partial charge in [0.05, 0.1) is 6.20 Å². The van der Waals surface area contributed by atoms with Crippen LogP contribution in [0.15, 0.2) is 30.5 Å². The van der Waals surface area contributed by atoms with Crippen molar-refractivity contribution in [2.24, 2.45) is 5.92 Å². The zero-order valence-electron chi connectivity index (χ0n) is 19.9. The van der Waals surface area contributed by atoms with Crippen LogP contribution < -0.4 is 10.2 Å². The number of nitrogens with zero attached hydrogens (tertiary/aromatic N) is 6. The van der Waals surface area contributed by atoms with Crippen LogP contribution in [0, 0.1) is 31.1 Å². The predicted molar refractivity (Wildman–Crippen MR) is 132 cm³/mol. The van der Waals surface area contributed by atoms with E-state index < -0.39 is 0 Å². The molecule has 0 bridgehead atoms. The Bertz CT molecular complexity index is 1250. The third kappa shape index (κ3) is 4.75. The number of anilines is 2. The Morgan fingerprint density at radius 2 is 2.00 bits per heavy atom. The third-order valence-corrected chi connectivity index (χ3v) is 7.01. The molecule has 2 aromatic heterocycles. The number of hydrogen-bond acceptors (Lipinski definition) is 6. The SMILES string of the molecule is Cc1nc2c(C#N)cnn2c(C)c1CCC(=O)Nc1cccc(N2CCN(CC3CC3)CC2)c1. The number of carbonyl (C=O) groups excluding carboxylic acids is 1. The van der Waals surface area contributed by atoms with E-state index in [1.165, 1.54) is 25.6 Å². The lowest BCUT2D eigenvalue weighted by Gasteiger charge is -2.36. The van der Waals surface area contributed by atoms with Gasteiger partial charge < -0.3 is 10.2 Å². The maximum Gasteiger partial charge on any atom is 0.224 e. The largest absolute Gasteiger partial charge is 0.369 e. The van der Waals surface area contributed by atoms with Crippen molar-refractivity contribution in [3.05, 3.63) is 53.0 Å². The van der Waals surface area contributed by atoms with Gasteiger partial charge in [0.25, 0.3) is 0 Å². The van der Waals surface area contributed by atoms with Gasteiger partial charge in [-0.3, -0.25) is 9.69 Å². The molecule has 3 heterocycles. The van der Waals surface area contributed by atoms with Gasteiger partial charge in [-0.25, -0.2) is 9.50 Å². The van der Waals surface area contributed by atoms with E-state index in [2.05, 4.69) is 43.4 Å². The Morgan fingerprint density at radius 1 is 1.21 bits per heavy atom. The lowest BCUT2D eigenvalue weighted by Crippen LogP contribution is -2.47. The van der Waals surface area contributed by atoms with Crippen LogP contribution in [0.3, 0.4) is 0 Å². The monoisotopic (exact) mass is 457 g/mol. The summed E-state index contributed by atoms with van der Waals surface area (Å²) < 4.78 is 1.69. The third-order valence-electron chi connectivity index (χ3n) is 7.01. The van der Waals surface area contributed by atoms with Crippen molar-refractivity contribution in [1.82, 2.24) is 19.5 Å². The normalized spacial score (nSPS) is 16.6. The van der Waals surface area contributed by atoms with Crippen molar-refractivity contribution in [2.45, 2.75) is 39.5 Å². The minimum absolute atomic E-state index is 0.0246. The molecule has 0 spiro atoms. The first-order valence-electron chi connectivity index (χ1n) is 12.1. The number of carbonyl (C=O) groups is 1. The molecule has 2 aliphatic rings. The van der Waals surface area contributed by atoms with Gasteiger partial charge in [-0.05, 0) is 62.8 Å². The van der Waals surface area contributed by atoms with E-state index in [1.54, 1.807) is 4.52 Å². The molecule has 8 heteroatoms. The molecular formula is C26H31N7O. The molecular weight excluding hydrogens is 426 g/mol. The number of rotatable bonds is 7. The number of benzene rings is 1. The highest BCUT2D eigenvalue weighted by atomic mass is 16.1. The molecule has 1 aliphatic heterocycles. The van der Waals surface area contributed by atoms with Gasteiger partial charge in [-0.2, -0.15) is 10.4 Å². The minimum atomic E-state index is -0.0246. The second-order valence-corrected chi connectivity index (χ2v) is 9.50. The fourth-order valence-electron chi connectivity index (χ4n) is 4.85. The van der Waals surface area contributed by atoms with Crippen molar-refractivity contribution in [2.75, 3.05) is 42.9 Å². The standard InChI is InChI=1S/C26H31N7O/c1-18-24(19(2)33-26(29-18)21(15-27)16-28-33)8-9-25(34)30-22-4-3-5-23(14-22)32-12-10-31(11-13-32)17-20-6-7-20/h3-5,14,16,20H,6-13,17H2,1-2H3,(H,30,34). The van der Waals surface area contributed by atoms with Crippen LogP contribution >= 0.6 is 0 Å². The molecule has 1 saturated heterocycles. The van der Waals surface area contributed by atoms with E-state index in [9.17, 15) is 10.1 Å². The summed E-state index contributed by atoms with van der Waals surface area (Å²) in [5, 5.41) is 16.6. The van der Waals surface area contributed by atoms with Crippen molar-refractivity contribution in [1.29, 1.82) is 5.26 Å². The number of hydrogen-bond donors (Lipinski definition) is 1. The van der Waals surface area contributed by atoms with Crippen molar-refractivity contribution < 1.29 is 4.79 Å². The first kappa shape index (κ1) is 22.4. The van der Waals surface area contributed by atoms with E-state index in [0.717, 1.165) is 60.4 Å². The Hall–Kier alpha value is -3.44. The Kier molecular flexibility index (Phi) is 6.20. The number of fused-ring (bicyclic) bond motifs is 1. The van der Waals surface area contributed by atoms with Crippen LogP contribution in [-0.4, -0.2) is 58.1 Å². The van der Waals surface area contributed by atoms with Gasteiger partial charge in [-0.15, -0.1) is 0 Å². The molecule has 0 radical (unpaired) electrons. The van der Waals surface area contributed by atoms with E-state index >= 15 is 0 Å². The number of aromatic nitrogens is 3. The summed E-state index contributed by atoms with van der Waals surface area (Å²) in [6, 6.07) is 10.3. The van der Waals surface area contributed by atoms with E-state index in [0.29, 0.717) is 24.1 Å². The molecule has 2 fully saturated rings. The number of nitriles is 1. The second-order valence-electron chi connectivity index (χ2n) is 9.50. The summed E-state index contributed by atoms with van der Waals surface area (Å²) in [5.74, 6) is 0.911. The topological polar surface area (TPSA) is 89.6 Å². The highest BCUT2D eigenvalue weighted by Crippen LogP contribution is 2.30. The average molecular weight is 458 g/mol. The summed E-state index contributed by atoms with van der Waals surface area (Å²) >= 11 is 0. The minimum Gasteiger partial charge on any atom is -0.369 e. The van der Waals surface area contributed by atoms with Gasteiger partial charge in [0.1, 0.15) is 11.6 Å². The zero-order valence-corrected chi connectivity index (χ0v) is 19.9. The van der Waals surface area contributed by atoms with E-state index in [-0.39, 0.29) is 5.91 Å². The van der Waals surface area contributed by atoms with E-state index in [4.69, 9.17) is 0 Å². The molecule has 1 aliphatic carbocycles. The van der Waals surface area contributed by atoms with Crippen LogP contribution in [0.2, 0.25) is 0 Å². The maximum atomic E-state index is 12.7. The smallest absolute Gasteiger partial charge is 0.224 e. The first-order chi connectivity index (χ1) is 16.5. The molecule has 5 rings (SSSR count). The molecule has 0 atom stereocenters. The van der Waals surface area contributed by atoms with Gasteiger partial charge in [-0.1, -0.05) is 6.07 Å². The summed E-state index contributed by atoms with van der Waals surface area (Å²) in [5.41, 5.74) is 5.76. The predicted octanol–water partition coefficient (Wildman–Crippen LogP) is 3.32. The second kappa shape index (κ2) is 9.43. The molecule has 8 nitrogen and oxygen atoms in total. The van der Waals surface area contributed by atoms with Crippen LogP contribution in [0.4, 0.5) is 11.4 Å². The average Bonchev–Trinajstić information content (AvgIpc) is 3.56. The van der Waals surface area contributed by atoms with Crippen LogP contribution in [-0.2, 0) is 11.2 Å². The van der Waals surface area contributed by atoms with Gasteiger partial charge in [0.2, 0.25) is 5.91 Å². The van der Waals surface area contributed by atoms with Crippen molar-refractivity contribution in [3.8, 4) is 6.07 Å². The van der Waals surface area contributed by atoms with Gasteiger partial charge in [0, 0.05) is 61.9 Å². The van der Waals surface area contributed by atoms with Crippen LogP contribution in [0.25, 0.3) is 5.65 Å². The molecule has 1 amide bonds. The molecule has 34 heavy (non-hydrogen) atoms. The summed E-state index contributed by atoms with van der Waals surface area (Å²) in [4.78, 5) is 22.3. The Balaban J connectivity index is 1.19. The summed E-state index contributed by atoms with van der Waals surface area (Å²) in [6.45, 7) is 9.40.